The van der Waals surface area contributed by atoms with Gasteiger partial charge in [-0.05, 0) is 140 Å². The van der Waals surface area contributed by atoms with Gasteiger partial charge in [0.15, 0.2) is 0 Å². The fourth-order valence-electron chi connectivity index (χ4n) is 9.69. The molecular formula is C61H52N2. The van der Waals surface area contributed by atoms with Crippen LogP contribution in [-0.4, -0.2) is 0 Å². The van der Waals surface area contributed by atoms with E-state index in [2.05, 4.69) is 242 Å². The smallest absolute Gasteiger partial charge is 0.0560 e. The third-order valence-corrected chi connectivity index (χ3v) is 12.9. The molecule has 0 amide bonds. The monoisotopic (exact) mass is 812 g/mol. The van der Waals surface area contributed by atoms with E-state index >= 15 is 0 Å². The summed E-state index contributed by atoms with van der Waals surface area (Å²) in [5.41, 5.74) is 16.9. The van der Waals surface area contributed by atoms with Gasteiger partial charge in [0.05, 0.1) is 5.69 Å². The number of allylic oxidation sites excluding steroid dienone is 4. The predicted molar refractivity (Wildman–Crippen MR) is 271 cm³/mol. The van der Waals surface area contributed by atoms with Gasteiger partial charge >= 0.3 is 0 Å². The van der Waals surface area contributed by atoms with E-state index in [0.29, 0.717) is 0 Å². The van der Waals surface area contributed by atoms with Gasteiger partial charge in [-0.1, -0.05) is 179 Å². The zero-order valence-electron chi connectivity index (χ0n) is 36.6. The highest BCUT2D eigenvalue weighted by Gasteiger charge is 2.39. The second-order valence-electron chi connectivity index (χ2n) is 16.9. The molecule has 9 aromatic rings. The predicted octanol–water partition coefficient (Wildman–Crippen LogP) is 17.5. The van der Waals surface area contributed by atoms with Crippen molar-refractivity contribution < 1.29 is 0 Å². The first-order valence-electron chi connectivity index (χ1n) is 22.5. The summed E-state index contributed by atoms with van der Waals surface area (Å²) in [6.07, 6.45) is 8.77. The Morgan fingerprint density at radius 2 is 0.921 bits per heavy atom. The Bertz CT molecular complexity index is 3150. The van der Waals surface area contributed by atoms with E-state index in [1.165, 1.54) is 77.4 Å². The largest absolute Gasteiger partial charge is 0.314 e. The molecular weight excluding hydrogens is 761 g/mol. The molecule has 0 fully saturated rings. The van der Waals surface area contributed by atoms with Crippen LogP contribution in [0.15, 0.2) is 224 Å². The highest BCUT2D eigenvalue weighted by molar-refractivity contribution is 5.97. The number of hydrogen-bond donors (Lipinski definition) is 0. The molecule has 11 rings (SSSR count). The molecule has 0 spiro atoms. The lowest BCUT2D eigenvalue weighted by Crippen LogP contribution is -2.21. The van der Waals surface area contributed by atoms with Crippen LogP contribution in [0.5, 0.6) is 0 Å². The second kappa shape index (κ2) is 16.8. The zero-order valence-corrected chi connectivity index (χ0v) is 36.6. The Morgan fingerprint density at radius 3 is 1.51 bits per heavy atom. The summed E-state index contributed by atoms with van der Waals surface area (Å²) < 4.78 is 0. The molecule has 0 saturated carbocycles. The summed E-state index contributed by atoms with van der Waals surface area (Å²) in [4.78, 5) is 4.98. The van der Waals surface area contributed by atoms with Crippen molar-refractivity contribution in [2.45, 2.75) is 46.0 Å². The highest BCUT2D eigenvalue weighted by Crippen LogP contribution is 2.56. The molecule has 2 aliphatic rings. The van der Waals surface area contributed by atoms with Crippen molar-refractivity contribution in [1.82, 2.24) is 0 Å². The molecule has 0 unspecified atom stereocenters. The molecule has 9 aromatic carbocycles. The van der Waals surface area contributed by atoms with Gasteiger partial charge in [0.1, 0.15) is 0 Å². The first-order valence-corrected chi connectivity index (χ1v) is 22.5. The van der Waals surface area contributed by atoms with Crippen LogP contribution in [0.4, 0.5) is 28.4 Å². The quantitative estimate of drug-likeness (QED) is 0.151. The minimum Gasteiger partial charge on any atom is -0.314 e. The number of rotatable bonds is 8. The molecule has 0 aromatic heterocycles. The van der Waals surface area contributed by atoms with Crippen LogP contribution in [0.1, 0.15) is 51.7 Å². The Hall–Kier alpha value is -7.42. The number of hydrogen-bond acceptors (Lipinski definition) is 2. The van der Waals surface area contributed by atoms with Gasteiger partial charge in [-0.15, -0.1) is 0 Å². The van der Waals surface area contributed by atoms with E-state index in [9.17, 15) is 0 Å². The van der Waals surface area contributed by atoms with Gasteiger partial charge in [0, 0.05) is 39.4 Å². The Kier molecular flexibility index (Phi) is 10.6. The maximum atomic E-state index is 2.54. The molecule has 0 saturated heterocycles. The lowest BCUT2D eigenvalue weighted by Gasteiger charge is -2.34. The summed E-state index contributed by atoms with van der Waals surface area (Å²) in [5.74, 6) is 0. The summed E-state index contributed by atoms with van der Waals surface area (Å²) in [6, 6.07) is 73.8. The minimum absolute atomic E-state index is 0.217. The number of fused-ring (bicyclic) bond motifs is 5. The van der Waals surface area contributed by atoms with E-state index in [1.54, 1.807) is 0 Å². The number of para-hydroxylation sites is 1. The highest BCUT2D eigenvalue weighted by atomic mass is 15.2. The summed E-state index contributed by atoms with van der Waals surface area (Å²) in [5, 5.41) is 5.02. The Morgan fingerprint density at radius 1 is 0.413 bits per heavy atom. The molecule has 0 N–H and O–H groups in total. The van der Waals surface area contributed by atoms with Gasteiger partial charge in [-0.2, -0.15) is 0 Å². The summed E-state index contributed by atoms with van der Waals surface area (Å²) >= 11 is 0. The van der Waals surface area contributed by atoms with E-state index in [4.69, 9.17) is 0 Å². The third-order valence-electron chi connectivity index (χ3n) is 12.9. The standard InChI is InChI=1S/C59H46N2.C2H6/c1-59(2)55-24-14-13-23-54(55)58-56(59)39-53(60(49-19-5-3-6-20-49)51-33-29-43(30-34-51)47-27-25-41-15-9-11-17-45(41)37-47)40-57(58)61(50-21-7-4-8-22-50)52-35-31-44(32-36-52)48-28-26-42-16-10-12-18-46(42)38-48;1-2/h3-7,9-21,23-40H,8,22H2,1-2H3;1-2H3. The van der Waals surface area contributed by atoms with Gasteiger partial charge in [-0.25, -0.2) is 0 Å². The van der Waals surface area contributed by atoms with Crippen LogP contribution >= 0.6 is 0 Å². The molecule has 0 heterocycles. The molecule has 306 valence electrons. The van der Waals surface area contributed by atoms with E-state index in [1.807, 2.05) is 13.8 Å². The van der Waals surface area contributed by atoms with Crippen molar-refractivity contribution in [2.24, 2.45) is 0 Å². The van der Waals surface area contributed by atoms with E-state index in [-0.39, 0.29) is 5.41 Å². The lowest BCUT2D eigenvalue weighted by atomic mass is 9.82. The molecule has 2 aliphatic carbocycles. The third kappa shape index (κ3) is 7.32. The van der Waals surface area contributed by atoms with Crippen LogP contribution in [0.3, 0.4) is 0 Å². The first kappa shape index (κ1) is 39.7. The van der Waals surface area contributed by atoms with Crippen LogP contribution in [0, 0.1) is 0 Å². The van der Waals surface area contributed by atoms with Crippen LogP contribution in [0.2, 0.25) is 0 Å². The van der Waals surface area contributed by atoms with E-state index in [0.717, 1.165) is 35.6 Å². The topological polar surface area (TPSA) is 6.48 Å². The molecule has 2 nitrogen and oxygen atoms in total. The van der Waals surface area contributed by atoms with Gasteiger partial charge in [0.25, 0.3) is 0 Å². The molecule has 0 bridgehead atoms. The summed E-state index contributed by atoms with van der Waals surface area (Å²) in [6.45, 7) is 8.78. The van der Waals surface area contributed by atoms with Gasteiger partial charge in [-0.3, -0.25) is 0 Å². The van der Waals surface area contributed by atoms with Crippen molar-refractivity contribution >= 4 is 50.0 Å². The van der Waals surface area contributed by atoms with Crippen LogP contribution in [-0.2, 0) is 5.41 Å². The Balaban J connectivity index is 0.00000232. The SMILES string of the molecule is CC.CC1(C)c2ccccc2-c2c(N(C3=CC=CCC3)c3ccc(-c4ccc5ccccc5c4)cc3)cc(N(c3ccccc3)c3ccc(-c4ccc5ccccc5c4)cc3)cc21. The fraction of sp³-hybridized carbons (Fsp3) is 0.115. The normalized spacial score (nSPS) is 13.4. The average Bonchev–Trinajstić information content (AvgIpc) is 3.58. The minimum atomic E-state index is -0.217. The molecule has 0 radical (unpaired) electrons. The molecule has 63 heavy (non-hydrogen) atoms. The van der Waals surface area contributed by atoms with Crippen molar-refractivity contribution in [3.05, 3.63) is 235 Å². The maximum Gasteiger partial charge on any atom is 0.0560 e. The van der Waals surface area contributed by atoms with Crippen LogP contribution < -0.4 is 9.80 Å². The second-order valence-corrected chi connectivity index (χ2v) is 16.9. The molecule has 0 atom stereocenters. The van der Waals surface area contributed by atoms with Gasteiger partial charge in [0.2, 0.25) is 0 Å². The van der Waals surface area contributed by atoms with Crippen LogP contribution in [0.25, 0.3) is 54.9 Å². The lowest BCUT2D eigenvalue weighted by molar-refractivity contribution is 0.660. The fourth-order valence-corrected chi connectivity index (χ4v) is 9.69. The van der Waals surface area contributed by atoms with Crippen molar-refractivity contribution in [3.63, 3.8) is 0 Å². The van der Waals surface area contributed by atoms with Crippen molar-refractivity contribution in [1.29, 1.82) is 0 Å². The van der Waals surface area contributed by atoms with E-state index < -0.39 is 0 Å². The van der Waals surface area contributed by atoms with Crippen molar-refractivity contribution in [2.75, 3.05) is 9.80 Å². The number of anilines is 5. The zero-order chi connectivity index (χ0) is 42.9. The maximum absolute atomic E-state index is 2.54. The Labute approximate surface area is 372 Å². The summed E-state index contributed by atoms with van der Waals surface area (Å²) in [7, 11) is 0. The number of nitrogens with zero attached hydrogens (tertiary/aromatic N) is 2. The number of benzene rings is 9. The molecule has 0 aliphatic heterocycles. The molecule has 2 heteroatoms. The first-order chi connectivity index (χ1) is 31.0. The van der Waals surface area contributed by atoms with Crippen molar-refractivity contribution in [3.8, 4) is 33.4 Å². The van der Waals surface area contributed by atoms with Gasteiger partial charge < -0.3 is 9.80 Å². The average molecular weight is 813 g/mol.